The maximum absolute atomic E-state index is 12.6. The van der Waals surface area contributed by atoms with Crippen molar-refractivity contribution in [1.82, 2.24) is 4.98 Å². The summed E-state index contributed by atoms with van der Waals surface area (Å²) in [4.78, 5) is 17.0. The number of hydrogen-bond acceptors (Lipinski definition) is 4. The molecule has 0 bridgehead atoms. The van der Waals surface area contributed by atoms with Gasteiger partial charge in [-0.15, -0.1) is 0 Å². The highest BCUT2D eigenvalue weighted by Crippen LogP contribution is 2.26. The fourth-order valence-electron chi connectivity index (χ4n) is 2.83. The second-order valence-corrected chi connectivity index (χ2v) is 5.95. The number of rotatable bonds is 5. The van der Waals surface area contributed by atoms with Crippen LogP contribution in [0.5, 0.6) is 5.75 Å². The van der Waals surface area contributed by atoms with Crippen LogP contribution in [-0.4, -0.2) is 17.5 Å². The van der Waals surface area contributed by atoms with Crippen LogP contribution in [0.4, 0.5) is 5.69 Å². The van der Waals surface area contributed by atoms with Crippen LogP contribution in [0.15, 0.2) is 77.2 Å². The van der Waals surface area contributed by atoms with Gasteiger partial charge in [0.2, 0.25) is 5.89 Å². The van der Waals surface area contributed by atoms with Gasteiger partial charge >= 0.3 is 0 Å². The van der Waals surface area contributed by atoms with E-state index in [1.807, 2.05) is 67.6 Å². The molecular weight excluding hydrogens is 340 g/mol. The summed E-state index contributed by atoms with van der Waals surface area (Å²) in [6.07, 6.45) is 0. The van der Waals surface area contributed by atoms with Crippen molar-refractivity contribution in [3.05, 3.63) is 78.4 Å². The molecule has 0 aliphatic rings. The predicted molar refractivity (Wildman–Crippen MR) is 105 cm³/mol. The molecule has 0 aliphatic carbocycles. The number of carbonyl (C=O) groups is 1. The van der Waals surface area contributed by atoms with Crippen LogP contribution in [0.3, 0.4) is 0 Å². The molecule has 1 amide bonds. The number of para-hydroxylation sites is 3. The number of hydrogen-bond donors (Lipinski definition) is 1. The molecule has 1 aromatic heterocycles. The maximum atomic E-state index is 12.6. The number of anilines is 1. The van der Waals surface area contributed by atoms with Crippen molar-refractivity contribution < 1.29 is 13.9 Å². The van der Waals surface area contributed by atoms with Crippen LogP contribution in [-0.2, 0) is 0 Å². The number of aromatic nitrogens is 1. The van der Waals surface area contributed by atoms with Crippen molar-refractivity contribution in [1.29, 1.82) is 0 Å². The Morgan fingerprint density at radius 1 is 1.00 bits per heavy atom. The van der Waals surface area contributed by atoms with E-state index >= 15 is 0 Å². The van der Waals surface area contributed by atoms with Crippen molar-refractivity contribution in [2.75, 3.05) is 11.9 Å². The molecule has 0 fully saturated rings. The minimum Gasteiger partial charge on any atom is -0.493 e. The van der Waals surface area contributed by atoms with Gasteiger partial charge in [0.1, 0.15) is 11.3 Å². The molecular formula is C22H18N2O3. The van der Waals surface area contributed by atoms with Gasteiger partial charge in [0.05, 0.1) is 12.2 Å². The number of fused-ring (bicyclic) bond motifs is 1. The van der Waals surface area contributed by atoms with E-state index in [0.29, 0.717) is 29.5 Å². The van der Waals surface area contributed by atoms with Crippen LogP contribution in [0.2, 0.25) is 0 Å². The normalized spacial score (nSPS) is 10.7. The summed E-state index contributed by atoms with van der Waals surface area (Å²) in [5.41, 5.74) is 3.60. The van der Waals surface area contributed by atoms with Gasteiger partial charge in [0.25, 0.3) is 5.91 Å². The van der Waals surface area contributed by atoms with Crippen molar-refractivity contribution in [3.8, 4) is 17.2 Å². The van der Waals surface area contributed by atoms with E-state index in [1.165, 1.54) is 0 Å². The average molecular weight is 358 g/mol. The molecule has 0 radical (unpaired) electrons. The highest BCUT2D eigenvalue weighted by atomic mass is 16.5. The molecule has 0 saturated carbocycles. The Morgan fingerprint density at radius 3 is 2.52 bits per heavy atom. The van der Waals surface area contributed by atoms with E-state index in [2.05, 4.69) is 10.3 Å². The third kappa shape index (κ3) is 3.53. The van der Waals surface area contributed by atoms with Crippen LogP contribution < -0.4 is 10.1 Å². The summed E-state index contributed by atoms with van der Waals surface area (Å²) >= 11 is 0. The first-order valence-electron chi connectivity index (χ1n) is 8.74. The summed E-state index contributed by atoms with van der Waals surface area (Å²) in [6, 6.07) is 22.2. The van der Waals surface area contributed by atoms with Crippen LogP contribution in [0.1, 0.15) is 17.3 Å². The molecule has 27 heavy (non-hydrogen) atoms. The number of nitrogens with one attached hydrogen (secondary N) is 1. The zero-order valence-electron chi connectivity index (χ0n) is 14.8. The lowest BCUT2D eigenvalue weighted by Crippen LogP contribution is -2.13. The number of benzene rings is 3. The molecule has 0 saturated heterocycles. The van der Waals surface area contributed by atoms with Gasteiger partial charge in [0, 0.05) is 11.3 Å². The van der Waals surface area contributed by atoms with E-state index < -0.39 is 0 Å². The second-order valence-electron chi connectivity index (χ2n) is 5.95. The minimum absolute atomic E-state index is 0.214. The van der Waals surface area contributed by atoms with Gasteiger partial charge in [-0.05, 0) is 55.5 Å². The largest absolute Gasteiger partial charge is 0.493 e. The highest BCUT2D eigenvalue weighted by Gasteiger charge is 2.13. The van der Waals surface area contributed by atoms with Gasteiger partial charge in [0.15, 0.2) is 5.58 Å². The molecule has 4 rings (SSSR count). The van der Waals surface area contributed by atoms with Gasteiger partial charge in [-0.3, -0.25) is 4.79 Å². The fourth-order valence-corrected chi connectivity index (χ4v) is 2.83. The lowest BCUT2D eigenvalue weighted by atomic mass is 10.1. The number of carbonyl (C=O) groups excluding carboxylic acids is 1. The zero-order chi connectivity index (χ0) is 18.6. The SMILES string of the molecule is CCOc1ccccc1C(=O)Nc1ccc(-c2nc3ccccc3o2)cc1. The smallest absolute Gasteiger partial charge is 0.259 e. The Bertz CT molecular complexity index is 1050. The Morgan fingerprint density at radius 2 is 1.74 bits per heavy atom. The Labute approximate surface area is 156 Å². The monoisotopic (exact) mass is 358 g/mol. The summed E-state index contributed by atoms with van der Waals surface area (Å²) < 4.78 is 11.3. The molecule has 1 heterocycles. The zero-order valence-corrected chi connectivity index (χ0v) is 14.8. The average Bonchev–Trinajstić information content (AvgIpc) is 3.13. The standard InChI is InChI=1S/C22H18N2O3/c1-2-26-19-9-5-3-7-17(19)21(25)23-16-13-11-15(12-14-16)22-24-18-8-4-6-10-20(18)27-22/h3-14H,2H2,1H3,(H,23,25). The Kier molecular flexibility index (Phi) is 4.58. The van der Waals surface area contributed by atoms with Gasteiger partial charge in [-0.1, -0.05) is 24.3 Å². The molecule has 134 valence electrons. The molecule has 5 nitrogen and oxygen atoms in total. The van der Waals surface area contributed by atoms with Crippen molar-refractivity contribution >= 4 is 22.7 Å². The molecule has 0 aliphatic heterocycles. The van der Waals surface area contributed by atoms with Gasteiger partial charge < -0.3 is 14.5 Å². The second kappa shape index (κ2) is 7.33. The third-order valence-electron chi connectivity index (χ3n) is 4.12. The van der Waals surface area contributed by atoms with Crippen molar-refractivity contribution in [2.24, 2.45) is 0 Å². The van der Waals surface area contributed by atoms with Crippen molar-refractivity contribution in [2.45, 2.75) is 6.92 Å². The van der Waals surface area contributed by atoms with Crippen LogP contribution in [0.25, 0.3) is 22.6 Å². The van der Waals surface area contributed by atoms with Crippen LogP contribution in [0, 0.1) is 0 Å². The fraction of sp³-hybridized carbons (Fsp3) is 0.0909. The van der Waals surface area contributed by atoms with Gasteiger partial charge in [-0.25, -0.2) is 4.98 Å². The Balaban J connectivity index is 1.53. The van der Waals surface area contributed by atoms with E-state index in [9.17, 15) is 4.79 Å². The third-order valence-corrected chi connectivity index (χ3v) is 4.12. The first kappa shape index (κ1) is 16.8. The molecule has 0 spiro atoms. The summed E-state index contributed by atoms with van der Waals surface area (Å²) in [6.45, 7) is 2.39. The van der Waals surface area contributed by atoms with E-state index in [-0.39, 0.29) is 5.91 Å². The first-order valence-corrected chi connectivity index (χ1v) is 8.74. The Hall–Kier alpha value is -3.60. The molecule has 0 atom stereocenters. The number of ether oxygens (including phenoxy) is 1. The lowest BCUT2D eigenvalue weighted by Gasteiger charge is -2.10. The van der Waals surface area contributed by atoms with E-state index in [0.717, 1.165) is 16.7 Å². The van der Waals surface area contributed by atoms with E-state index in [1.54, 1.807) is 12.1 Å². The first-order chi connectivity index (χ1) is 13.2. The van der Waals surface area contributed by atoms with Crippen LogP contribution >= 0.6 is 0 Å². The summed E-state index contributed by atoms with van der Waals surface area (Å²) in [5.74, 6) is 0.907. The molecule has 5 heteroatoms. The molecule has 1 N–H and O–H groups in total. The number of amides is 1. The predicted octanol–water partition coefficient (Wildman–Crippen LogP) is 5.15. The molecule has 0 unspecified atom stereocenters. The summed E-state index contributed by atoms with van der Waals surface area (Å²) in [5, 5.41) is 2.89. The van der Waals surface area contributed by atoms with Gasteiger partial charge in [-0.2, -0.15) is 0 Å². The minimum atomic E-state index is -0.214. The molecule has 4 aromatic rings. The van der Waals surface area contributed by atoms with E-state index in [4.69, 9.17) is 9.15 Å². The molecule has 3 aromatic carbocycles. The number of oxazole rings is 1. The number of nitrogens with zero attached hydrogens (tertiary/aromatic N) is 1. The topological polar surface area (TPSA) is 64.4 Å². The lowest BCUT2D eigenvalue weighted by molar-refractivity contribution is 0.102. The van der Waals surface area contributed by atoms with Crippen molar-refractivity contribution in [3.63, 3.8) is 0 Å². The summed E-state index contributed by atoms with van der Waals surface area (Å²) in [7, 11) is 0. The highest BCUT2D eigenvalue weighted by molar-refractivity contribution is 6.06. The quantitative estimate of drug-likeness (QED) is 0.536. The maximum Gasteiger partial charge on any atom is 0.259 e.